The molecule has 0 aliphatic heterocycles. The second-order valence-electron chi connectivity index (χ2n) is 5.75. The maximum absolute atomic E-state index is 4.66. The molecule has 0 radical (unpaired) electrons. The van der Waals surface area contributed by atoms with Gasteiger partial charge in [-0.25, -0.2) is 4.98 Å². The van der Waals surface area contributed by atoms with Gasteiger partial charge in [0, 0.05) is 24.4 Å². The van der Waals surface area contributed by atoms with Crippen LogP contribution in [0.4, 0.5) is 0 Å². The third-order valence-electron chi connectivity index (χ3n) is 3.96. The van der Waals surface area contributed by atoms with Crippen molar-refractivity contribution in [2.75, 3.05) is 7.05 Å². The molecule has 3 nitrogen and oxygen atoms in total. The second kappa shape index (κ2) is 6.13. The number of H-pyrrole nitrogens is 1. The van der Waals surface area contributed by atoms with Crippen molar-refractivity contribution in [1.29, 1.82) is 0 Å². The summed E-state index contributed by atoms with van der Waals surface area (Å²) in [4.78, 5) is 8.02. The summed E-state index contributed by atoms with van der Waals surface area (Å²) in [5, 5.41) is 3.13. The highest BCUT2D eigenvalue weighted by molar-refractivity contribution is 6.04. The van der Waals surface area contributed by atoms with E-state index < -0.39 is 0 Å². The number of hydrogen-bond donors (Lipinski definition) is 2. The number of nitrogens with zero attached hydrogens (tertiary/aromatic N) is 1. The topological polar surface area (TPSA) is 40.7 Å². The summed E-state index contributed by atoms with van der Waals surface area (Å²) in [6, 6.07) is 14.5. The van der Waals surface area contributed by atoms with Gasteiger partial charge in [-0.15, -0.1) is 0 Å². The van der Waals surface area contributed by atoms with E-state index in [4.69, 9.17) is 0 Å². The predicted octanol–water partition coefficient (Wildman–Crippen LogP) is 4.45. The Morgan fingerprint density at radius 3 is 2.65 bits per heavy atom. The molecule has 3 heteroatoms. The van der Waals surface area contributed by atoms with Crippen molar-refractivity contribution in [2.45, 2.75) is 13.8 Å². The first kappa shape index (κ1) is 15.1. The van der Waals surface area contributed by atoms with E-state index in [0.29, 0.717) is 0 Å². The van der Waals surface area contributed by atoms with Crippen LogP contribution in [-0.4, -0.2) is 17.0 Å². The monoisotopic (exact) mass is 303 g/mol. The van der Waals surface area contributed by atoms with Gasteiger partial charge in [0.25, 0.3) is 0 Å². The van der Waals surface area contributed by atoms with Crippen LogP contribution in [-0.2, 0) is 0 Å². The van der Waals surface area contributed by atoms with Gasteiger partial charge in [0.2, 0.25) is 0 Å². The maximum atomic E-state index is 4.66. The molecular formula is C20H21N3. The predicted molar refractivity (Wildman–Crippen MR) is 98.1 cm³/mol. The summed E-state index contributed by atoms with van der Waals surface area (Å²) >= 11 is 0. The Balaban J connectivity index is 2.07. The molecule has 0 fully saturated rings. The van der Waals surface area contributed by atoms with Gasteiger partial charge in [-0.3, -0.25) is 0 Å². The van der Waals surface area contributed by atoms with Crippen LogP contribution >= 0.6 is 0 Å². The highest BCUT2D eigenvalue weighted by Gasteiger charge is 2.14. The van der Waals surface area contributed by atoms with Crippen LogP contribution in [0.3, 0.4) is 0 Å². The number of aromatic amines is 1. The Labute approximate surface area is 136 Å². The van der Waals surface area contributed by atoms with Gasteiger partial charge in [-0.2, -0.15) is 0 Å². The average molecular weight is 303 g/mol. The molecule has 2 aromatic carbocycles. The molecule has 0 unspecified atom stereocenters. The van der Waals surface area contributed by atoms with E-state index in [0.717, 1.165) is 33.6 Å². The van der Waals surface area contributed by atoms with Gasteiger partial charge in [0.1, 0.15) is 5.82 Å². The average Bonchev–Trinajstić information content (AvgIpc) is 2.97. The lowest BCUT2D eigenvalue weighted by molar-refractivity contribution is 1.10. The van der Waals surface area contributed by atoms with Gasteiger partial charge in [0.05, 0.1) is 11.0 Å². The number of allylic oxidation sites excluding steroid dienone is 2. The molecule has 0 aliphatic carbocycles. The summed E-state index contributed by atoms with van der Waals surface area (Å²) in [6.45, 7) is 8.50. The van der Waals surface area contributed by atoms with E-state index in [-0.39, 0.29) is 0 Å². The lowest BCUT2D eigenvalue weighted by atomic mass is 9.94. The van der Waals surface area contributed by atoms with Crippen LogP contribution in [0.1, 0.15) is 22.5 Å². The number of benzene rings is 2. The summed E-state index contributed by atoms with van der Waals surface area (Å²) in [6.07, 6.45) is 1.98. The third kappa shape index (κ3) is 2.90. The SMILES string of the molecule is C=C(/C(=C\NC)c1ccc(C)cc1C)c1nc2ccccc2[nH]1. The molecule has 0 amide bonds. The molecular weight excluding hydrogens is 282 g/mol. The fourth-order valence-electron chi connectivity index (χ4n) is 2.81. The summed E-state index contributed by atoms with van der Waals surface area (Å²) < 4.78 is 0. The van der Waals surface area contributed by atoms with E-state index in [1.54, 1.807) is 0 Å². The van der Waals surface area contributed by atoms with Gasteiger partial charge in [-0.1, -0.05) is 42.5 Å². The Morgan fingerprint density at radius 2 is 1.96 bits per heavy atom. The quantitative estimate of drug-likeness (QED) is 0.699. The second-order valence-corrected chi connectivity index (χ2v) is 5.75. The summed E-state index contributed by atoms with van der Waals surface area (Å²) in [5.41, 5.74) is 7.54. The molecule has 23 heavy (non-hydrogen) atoms. The molecule has 0 bridgehead atoms. The smallest absolute Gasteiger partial charge is 0.138 e. The van der Waals surface area contributed by atoms with E-state index in [1.807, 2.05) is 37.5 Å². The van der Waals surface area contributed by atoms with Crippen molar-refractivity contribution in [3.63, 3.8) is 0 Å². The molecule has 0 spiro atoms. The third-order valence-corrected chi connectivity index (χ3v) is 3.96. The van der Waals surface area contributed by atoms with Crippen molar-refractivity contribution in [3.05, 3.63) is 77.8 Å². The lowest BCUT2D eigenvalue weighted by Crippen LogP contribution is -2.01. The number of imidazole rings is 1. The fraction of sp³-hybridized carbons (Fsp3) is 0.150. The first-order chi connectivity index (χ1) is 11.1. The summed E-state index contributed by atoms with van der Waals surface area (Å²) in [7, 11) is 1.90. The number of rotatable bonds is 4. The number of hydrogen-bond acceptors (Lipinski definition) is 2. The Hall–Kier alpha value is -2.81. The standard InChI is InChI=1S/C20H21N3/c1-13-9-10-16(14(2)11-13)17(12-21-4)15(3)20-22-18-7-5-6-8-19(18)23-20/h5-12,21H,3H2,1-2,4H3,(H,22,23)/b17-12+. The van der Waals surface area contributed by atoms with Crippen molar-refractivity contribution in [2.24, 2.45) is 0 Å². The first-order valence-corrected chi connectivity index (χ1v) is 7.69. The van der Waals surface area contributed by atoms with Crippen LogP contribution in [0.2, 0.25) is 0 Å². The van der Waals surface area contributed by atoms with Crippen LogP contribution < -0.4 is 5.32 Å². The minimum Gasteiger partial charge on any atom is -0.393 e. The van der Waals surface area contributed by atoms with Gasteiger partial charge in [-0.05, 0) is 37.1 Å². The molecule has 2 N–H and O–H groups in total. The van der Waals surface area contributed by atoms with Crippen LogP contribution in [0, 0.1) is 13.8 Å². The van der Waals surface area contributed by atoms with E-state index >= 15 is 0 Å². The number of para-hydroxylation sites is 2. The van der Waals surface area contributed by atoms with Gasteiger partial charge < -0.3 is 10.3 Å². The molecule has 3 rings (SSSR count). The fourth-order valence-corrected chi connectivity index (χ4v) is 2.81. The van der Waals surface area contributed by atoms with Crippen LogP contribution in [0.15, 0.2) is 55.2 Å². The normalized spacial score (nSPS) is 11.7. The van der Waals surface area contributed by atoms with Crippen LogP contribution in [0.25, 0.3) is 22.2 Å². The van der Waals surface area contributed by atoms with Crippen LogP contribution in [0.5, 0.6) is 0 Å². The van der Waals surface area contributed by atoms with Gasteiger partial charge >= 0.3 is 0 Å². The van der Waals surface area contributed by atoms with E-state index in [9.17, 15) is 0 Å². The Bertz CT molecular complexity index is 867. The summed E-state index contributed by atoms with van der Waals surface area (Å²) in [5.74, 6) is 0.799. The number of aryl methyl sites for hydroxylation is 2. The highest BCUT2D eigenvalue weighted by Crippen LogP contribution is 2.31. The van der Waals surface area contributed by atoms with E-state index in [2.05, 4.69) is 53.9 Å². The molecule has 3 aromatic rings. The molecule has 0 saturated carbocycles. The zero-order chi connectivity index (χ0) is 16.4. The number of aromatic nitrogens is 2. The molecule has 1 aromatic heterocycles. The van der Waals surface area contributed by atoms with Crippen molar-refractivity contribution >= 4 is 22.2 Å². The zero-order valence-electron chi connectivity index (χ0n) is 13.8. The highest BCUT2D eigenvalue weighted by atomic mass is 14.9. The molecule has 0 aliphatic rings. The minimum atomic E-state index is 0.799. The molecule has 116 valence electrons. The number of nitrogens with one attached hydrogen (secondary N) is 2. The van der Waals surface area contributed by atoms with Gasteiger partial charge in [0.15, 0.2) is 0 Å². The number of fused-ring (bicyclic) bond motifs is 1. The minimum absolute atomic E-state index is 0.799. The Morgan fingerprint density at radius 1 is 1.17 bits per heavy atom. The lowest BCUT2D eigenvalue weighted by Gasteiger charge is -2.13. The van der Waals surface area contributed by atoms with Crippen molar-refractivity contribution in [1.82, 2.24) is 15.3 Å². The van der Waals surface area contributed by atoms with Crippen molar-refractivity contribution < 1.29 is 0 Å². The molecule has 0 atom stereocenters. The van der Waals surface area contributed by atoms with E-state index in [1.165, 1.54) is 11.1 Å². The molecule has 1 heterocycles. The van der Waals surface area contributed by atoms with Crippen molar-refractivity contribution in [3.8, 4) is 0 Å². The molecule has 0 saturated heterocycles. The zero-order valence-corrected chi connectivity index (χ0v) is 13.8. The first-order valence-electron chi connectivity index (χ1n) is 7.69. The maximum Gasteiger partial charge on any atom is 0.138 e. The Kier molecular flexibility index (Phi) is 4.02. The largest absolute Gasteiger partial charge is 0.393 e.